The van der Waals surface area contributed by atoms with Crippen LogP contribution in [0.5, 0.6) is 5.88 Å². The minimum Gasteiger partial charge on any atom is -0.481 e. The summed E-state index contributed by atoms with van der Waals surface area (Å²) < 4.78 is 8.68. The zero-order valence-electron chi connectivity index (χ0n) is 22.0. The van der Waals surface area contributed by atoms with Gasteiger partial charge in [-0.25, -0.2) is 4.98 Å². The smallest absolute Gasteiger partial charge is 0.251 e. The molecule has 0 amide bonds. The van der Waals surface area contributed by atoms with E-state index in [9.17, 15) is 10.1 Å². The van der Waals surface area contributed by atoms with Crippen LogP contribution in [0.25, 0.3) is 11.1 Å². The minimum absolute atomic E-state index is 0.0575. The van der Waals surface area contributed by atoms with Gasteiger partial charge < -0.3 is 20.0 Å². The normalized spacial score (nSPS) is 18.8. The predicted molar refractivity (Wildman–Crippen MR) is 149 cm³/mol. The number of methoxy groups -OCH3 is 1. The summed E-state index contributed by atoms with van der Waals surface area (Å²) in [5.74, 6) is 0.591. The Labute approximate surface area is 226 Å². The van der Waals surface area contributed by atoms with Gasteiger partial charge in [-0.15, -0.1) is 0 Å². The zero-order chi connectivity index (χ0) is 27.4. The van der Waals surface area contributed by atoms with Gasteiger partial charge >= 0.3 is 0 Å². The van der Waals surface area contributed by atoms with Crippen molar-refractivity contribution in [3.63, 3.8) is 0 Å². The van der Waals surface area contributed by atoms with E-state index in [0.717, 1.165) is 55.4 Å². The zero-order valence-corrected chi connectivity index (χ0v) is 22.0. The van der Waals surface area contributed by atoms with Crippen molar-refractivity contribution in [3.05, 3.63) is 99.6 Å². The molecule has 0 bridgehead atoms. The van der Waals surface area contributed by atoms with Crippen molar-refractivity contribution in [1.82, 2.24) is 29.5 Å². The third kappa shape index (κ3) is 5.58. The van der Waals surface area contributed by atoms with Crippen LogP contribution < -0.4 is 15.6 Å². The average molecular weight is 523 g/mol. The van der Waals surface area contributed by atoms with E-state index < -0.39 is 0 Å². The summed E-state index contributed by atoms with van der Waals surface area (Å²) in [6.45, 7) is 2.49. The fraction of sp³-hybridized carbons (Fsp3) is 0.276. The number of hydrogen-bond donors (Lipinski definition) is 2. The second-order valence-corrected chi connectivity index (χ2v) is 9.65. The number of rotatable bonds is 7. The summed E-state index contributed by atoms with van der Waals surface area (Å²) in [5.41, 5.74) is 4.81. The Balaban J connectivity index is 1.41. The van der Waals surface area contributed by atoms with Crippen molar-refractivity contribution < 1.29 is 4.74 Å². The monoisotopic (exact) mass is 522 g/mol. The number of dihydropyridines is 1. The van der Waals surface area contributed by atoms with Gasteiger partial charge in [0.15, 0.2) is 0 Å². The number of nitriles is 1. The van der Waals surface area contributed by atoms with Gasteiger partial charge in [0.25, 0.3) is 5.56 Å². The van der Waals surface area contributed by atoms with E-state index in [1.54, 1.807) is 30.3 Å². The Hall–Kier alpha value is -4.75. The molecular weight excluding hydrogens is 492 g/mol. The third-order valence-electron chi connectivity index (χ3n) is 7.06. The number of allylic oxidation sites excluding steroid dienone is 4. The lowest BCUT2D eigenvalue weighted by molar-refractivity contribution is 0.168. The molecule has 1 fully saturated rings. The molecule has 2 aliphatic rings. The van der Waals surface area contributed by atoms with E-state index in [2.05, 4.69) is 26.4 Å². The summed E-state index contributed by atoms with van der Waals surface area (Å²) in [5, 5.41) is 24.7. The van der Waals surface area contributed by atoms with Crippen LogP contribution in [0, 0.1) is 16.7 Å². The van der Waals surface area contributed by atoms with Crippen molar-refractivity contribution >= 4 is 17.4 Å². The molecule has 1 unspecified atom stereocenters. The van der Waals surface area contributed by atoms with Gasteiger partial charge in [-0.3, -0.25) is 14.4 Å². The van der Waals surface area contributed by atoms with E-state index in [4.69, 9.17) is 10.1 Å². The largest absolute Gasteiger partial charge is 0.481 e. The summed E-state index contributed by atoms with van der Waals surface area (Å²) in [4.78, 5) is 20.1. The SMILES string of the molecule is COc1ccc(CN2CCCC(n3ccc(C4=CC(c5cnn(C)c5)=CN/C4=C(/C#N)C=N)cc3=O)C2)cn1. The maximum atomic E-state index is 13.4. The fourth-order valence-electron chi connectivity index (χ4n) is 5.09. The topological polar surface area (TPSA) is 125 Å². The first kappa shape index (κ1) is 25.9. The highest BCUT2D eigenvalue weighted by atomic mass is 16.5. The van der Waals surface area contributed by atoms with Crippen molar-refractivity contribution in [3.8, 4) is 11.9 Å². The number of ether oxygens (including phenoxy) is 1. The van der Waals surface area contributed by atoms with Crippen LogP contribution in [0.2, 0.25) is 0 Å². The maximum Gasteiger partial charge on any atom is 0.251 e. The molecule has 198 valence electrons. The molecule has 1 saturated heterocycles. The third-order valence-corrected chi connectivity index (χ3v) is 7.06. The van der Waals surface area contributed by atoms with E-state index in [-0.39, 0.29) is 17.2 Å². The van der Waals surface area contributed by atoms with Gasteiger partial charge in [0, 0.05) is 86.0 Å². The minimum atomic E-state index is -0.100. The highest BCUT2D eigenvalue weighted by Crippen LogP contribution is 2.31. The molecule has 0 aliphatic carbocycles. The molecule has 2 N–H and O–H groups in total. The predicted octanol–water partition coefficient (Wildman–Crippen LogP) is 3.28. The Kier molecular flexibility index (Phi) is 7.52. The van der Waals surface area contributed by atoms with E-state index in [1.165, 1.54) is 0 Å². The summed E-state index contributed by atoms with van der Waals surface area (Å²) in [6, 6.07) is 9.54. The number of likely N-dealkylation sites (tertiary alicyclic amines) is 1. The second-order valence-electron chi connectivity index (χ2n) is 9.65. The molecule has 3 aromatic rings. The molecule has 0 saturated carbocycles. The van der Waals surface area contributed by atoms with E-state index >= 15 is 0 Å². The number of nitrogens with one attached hydrogen (secondary N) is 2. The molecule has 10 nitrogen and oxygen atoms in total. The van der Waals surface area contributed by atoms with Gasteiger partial charge in [0.05, 0.1) is 24.6 Å². The lowest BCUT2D eigenvalue weighted by Gasteiger charge is -2.33. The average Bonchev–Trinajstić information content (AvgIpc) is 3.40. The van der Waals surface area contributed by atoms with Crippen LogP contribution >= 0.6 is 0 Å². The lowest BCUT2D eigenvalue weighted by atomic mass is 9.94. The standard InChI is InChI=1S/C29H30N8O2/c1-35-18-24(16-34-35)22-10-26(29(33-15-22)23(12-30)13-31)21-7-9-37(28(38)11-21)25-4-3-8-36(19-25)17-20-5-6-27(39-2)32-14-20/h5-7,9-12,14-16,18,25,30,33H,3-4,8,17,19H2,1-2H3/b29-23+,30-12?. The molecule has 1 atom stereocenters. The first-order valence-corrected chi connectivity index (χ1v) is 12.8. The Morgan fingerprint density at radius 1 is 1.31 bits per heavy atom. The van der Waals surface area contributed by atoms with Crippen molar-refractivity contribution in [2.24, 2.45) is 7.05 Å². The van der Waals surface area contributed by atoms with Crippen LogP contribution in [0.3, 0.4) is 0 Å². The van der Waals surface area contributed by atoms with Gasteiger partial charge in [0.1, 0.15) is 6.07 Å². The van der Waals surface area contributed by atoms with Gasteiger partial charge in [-0.1, -0.05) is 6.07 Å². The molecule has 0 radical (unpaired) electrons. The van der Waals surface area contributed by atoms with Gasteiger partial charge in [-0.05, 0) is 42.7 Å². The number of aryl methyl sites for hydroxylation is 1. The highest BCUT2D eigenvalue weighted by Gasteiger charge is 2.24. The Morgan fingerprint density at radius 3 is 2.85 bits per heavy atom. The number of aromatic nitrogens is 4. The maximum absolute atomic E-state index is 13.4. The molecule has 5 rings (SSSR count). The van der Waals surface area contributed by atoms with E-state index in [0.29, 0.717) is 22.7 Å². The van der Waals surface area contributed by atoms with Crippen molar-refractivity contribution in [2.45, 2.75) is 25.4 Å². The van der Waals surface area contributed by atoms with Crippen molar-refractivity contribution in [2.75, 3.05) is 20.2 Å². The second kappa shape index (κ2) is 11.3. The highest BCUT2D eigenvalue weighted by molar-refractivity contribution is 5.97. The first-order chi connectivity index (χ1) is 19.0. The molecule has 3 aromatic heterocycles. The molecular formula is C29H30N8O2. The molecule has 10 heteroatoms. The molecule has 39 heavy (non-hydrogen) atoms. The van der Waals surface area contributed by atoms with E-state index in [1.807, 2.05) is 54.5 Å². The number of piperidine rings is 1. The first-order valence-electron chi connectivity index (χ1n) is 12.8. The Morgan fingerprint density at radius 2 is 2.18 bits per heavy atom. The molecule has 2 aliphatic heterocycles. The van der Waals surface area contributed by atoms with Gasteiger partial charge in [-0.2, -0.15) is 10.4 Å². The van der Waals surface area contributed by atoms with Crippen LogP contribution in [0.4, 0.5) is 0 Å². The van der Waals surface area contributed by atoms with Crippen LogP contribution in [-0.2, 0) is 13.6 Å². The molecule has 0 aromatic carbocycles. The Bertz CT molecular complexity index is 1570. The van der Waals surface area contributed by atoms with Crippen LogP contribution in [0.15, 0.2) is 77.4 Å². The lowest BCUT2D eigenvalue weighted by Crippen LogP contribution is -2.39. The summed E-state index contributed by atoms with van der Waals surface area (Å²) >= 11 is 0. The molecule has 0 spiro atoms. The van der Waals surface area contributed by atoms with Crippen molar-refractivity contribution in [1.29, 1.82) is 10.7 Å². The number of pyridine rings is 2. The summed E-state index contributed by atoms with van der Waals surface area (Å²) in [6.07, 6.45) is 14.0. The van der Waals surface area contributed by atoms with Crippen LogP contribution in [-0.4, -0.2) is 50.6 Å². The van der Waals surface area contributed by atoms with Gasteiger partial charge in [0.2, 0.25) is 5.88 Å². The fourth-order valence-corrected chi connectivity index (χ4v) is 5.09. The number of hydrogen-bond acceptors (Lipinski definition) is 8. The summed E-state index contributed by atoms with van der Waals surface area (Å²) in [7, 11) is 3.45. The quantitative estimate of drug-likeness (QED) is 0.360. The molecule has 5 heterocycles. The van der Waals surface area contributed by atoms with Crippen LogP contribution in [0.1, 0.15) is 35.6 Å². The number of nitrogens with zero attached hydrogens (tertiary/aromatic N) is 6.